The molecule has 0 radical (unpaired) electrons. The monoisotopic (exact) mass is 290 g/mol. The second-order valence-corrected chi connectivity index (χ2v) is 6.18. The van der Waals surface area contributed by atoms with E-state index in [0.717, 1.165) is 17.5 Å². The number of phenolic OH excluding ortho intramolecular Hbond substituents is 1. The summed E-state index contributed by atoms with van der Waals surface area (Å²) in [5.74, 6) is 0.649. The molecule has 0 amide bonds. The zero-order valence-corrected chi connectivity index (χ0v) is 11.8. The zero-order chi connectivity index (χ0) is 14.8. The number of carbonyl (C=O) groups excluding carboxylic acids is 1. The van der Waals surface area contributed by atoms with Gasteiger partial charge in [0.05, 0.1) is 11.5 Å². The summed E-state index contributed by atoms with van der Waals surface area (Å²) in [4.78, 5) is 11.9. The van der Waals surface area contributed by atoms with Gasteiger partial charge < -0.3 is 19.7 Å². The summed E-state index contributed by atoms with van der Waals surface area (Å²) in [5, 5.41) is 20.1. The minimum absolute atomic E-state index is 0.0834. The van der Waals surface area contributed by atoms with E-state index >= 15 is 0 Å². The zero-order valence-electron chi connectivity index (χ0n) is 11.8. The van der Waals surface area contributed by atoms with Crippen LogP contribution in [0.3, 0.4) is 0 Å². The fourth-order valence-corrected chi connectivity index (χ4v) is 4.28. The highest BCUT2D eigenvalue weighted by Crippen LogP contribution is 2.59. The molecule has 5 heteroatoms. The quantitative estimate of drug-likeness (QED) is 0.818. The van der Waals surface area contributed by atoms with Gasteiger partial charge in [-0.15, -0.1) is 0 Å². The predicted molar refractivity (Wildman–Crippen MR) is 73.3 cm³/mol. The van der Waals surface area contributed by atoms with E-state index in [9.17, 15) is 15.0 Å². The average molecular weight is 290 g/mol. The number of Topliss-reactive ketones (excluding diaryl/α,β-unsaturated/α-hetero) is 1. The van der Waals surface area contributed by atoms with Crippen LogP contribution < -0.4 is 4.74 Å². The maximum absolute atomic E-state index is 11.9. The number of aryl methyl sites for hydroxylation is 1. The van der Waals surface area contributed by atoms with Gasteiger partial charge in [-0.2, -0.15) is 0 Å². The third-order valence-electron chi connectivity index (χ3n) is 5.14. The number of hydrogen-bond acceptors (Lipinski definition) is 5. The van der Waals surface area contributed by atoms with E-state index in [1.807, 2.05) is 13.0 Å². The van der Waals surface area contributed by atoms with E-state index in [4.69, 9.17) is 9.47 Å². The number of carbonyl (C=O) groups is 1. The first-order valence-electron chi connectivity index (χ1n) is 7.43. The number of aromatic hydroxyl groups is 1. The molecule has 2 N–H and O–H groups in total. The molecule has 4 unspecified atom stereocenters. The van der Waals surface area contributed by atoms with E-state index in [2.05, 4.69) is 0 Å². The third-order valence-corrected chi connectivity index (χ3v) is 5.14. The van der Waals surface area contributed by atoms with Crippen LogP contribution in [-0.4, -0.2) is 34.5 Å². The van der Waals surface area contributed by atoms with Crippen LogP contribution in [0.1, 0.15) is 37.3 Å². The highest BCUT2D eigenvalue weighted by Gasteiger charge is 2.63. The van der Waals surface area contributed by atoms with Crippen molar-refractivity contribution in [3.05, 3.63) is 23.3 Å². The number of aliphatic hydroxyl groups excluding tert-OH is 1. The van der Waals surface area contributed by atoms with Gasteiger partial charge in [0.15, 0.2) is 17.8 Å². The van der Waals surface area contributed by atoms with Crippen LogP contribution in [0.4, 0.5) is 0 Å². The third kappa shape index (κ3) is 1.56. The van der Waals surface area contributed by atoms with Gasteiger partial charge in [0.25, 0.3) is 0 Å². The molecule has 1 saturated heterocycles. The number of phenols is 1. The van der Waals surface area contributed by atoms with Crippen molar-refractivity contribution in [2.75, 3.05) is 0 Å². The van der Waals surface area contributed by atoms with Crippen LogP contribution in [0, 0.1) is 0 Å². The van der Waals surface area contributed by atoms with Gasteiger partial charge in [-0.25, -0.2) is 0 Å². The molecule has 1 aromatic carbocycles. The van der Waals surface area contributed by atoms with Gasteiger partial charge in [-0.1, -0.05) is 13.0 Å². The van der Waals surface area contributed by atoms with Crippen molar-refractivity contribution in [2.45, 2.75) is 56.5 Å². The maximum atomic E-state index is 11.9. The van der Waals surface area contributed by atoms with Crippen LogP contribution in [0.2, 0.25) is 0 Å². The Morgan fingerprint density at radius 2 is 2.10 bits per heavy atom. The van der Waals surface area contributed by atoms with Crippen molar-refractivity contribution in [3.63, 3.8) is 0 Å². The van der Waals surface area contributed by atoms with Gasteiger partial charge in [0.2, 0.25) is 0 Å². The standard InChI is InChI=1S/C16H18O5/c1-2-8-3-4-10(18)15-14(8)16-7-13(19)20-11(16)5-9(17)6-12(16)21-15/h3-4,11-13,18-19H,2,5-7H2,1H3. The second kappa shape index (κ2) is 4.21. The molecule has 2 aliphatic heterocycles. The fraction of sp³-hybridized carbons (Fsp3) is 0.562. The molecular formula is C16H18O5. The van der Waals surface area contributed by atoms with Gasteiger partial charge >= 0.3 is 0 Å². The molecule has 2 fully saturated rings. The van der Waals surface area contributed by atoms with Gasteiger partial charge in [-0.3, -0.25) is 4.79 Å². The minimum atomic E-state index is -0.884. The SMILES string of the molecule is CCc1ccc(O)c2c1C13CC(O)OC1CC(=O)CC3O2. The number of benzene rings is 1. The van der Waals surface area contributed by atoms with Crippen LogP contribution in [0.15, 0.2) is 12.1 Å². The van der Waals surface area contributed by atoms with Gasteiger partial charge in [0, 0.05) is 24.8 Å². The van der Waals surface area contributed by atoms with Gasteiger partial charge in [0.1, 0.15) is 11.9 Å². The summed E-state index contributed by atoms with van der Waals surface area (Å²) >= 11 is 0. The van der Waals surface area contributed by atoms with Crippen LogP contribution in [0.5, 0.6) is 11.5 Å². The Balaban J connectivity index is 1.96. The van der Waals surface area contributed by atoms with E-state index in [1.54, 1.807) is 6.07 Å². The number of rotatable bonds is 1. The molecule has 2 heterocycles. The Labute approximate surface area is 122 Å². The molecule has 5 nitrogen and oxygen atoms in total. The lowest BCUT2D eigenvalue weighted by Crippen LogP contribution is -2.51. The average Bonchev–Trinajstić information content (AvgIpc) is 2.93. The molecule has 0 bridgehead atoms. The number of hydrogen-bond donors (Lipinski definition) is 2. The normalized spacial score (nSPS) is 36.9. The van der Waals surface area contributed by atoms with Crippen molar-refractivity contribution in [1.82, 2.24) is 0 Å². The summed E-state index contributed by atoms with van der Waals surface area (Å²) in [5.41, 5.74) is 1.51. The number of fused-ring (bicyclic) bond motifs is 1. The Morgan fingerprint density at radius 3 is 2.86 bits per heavy atom. The highest BCUT2D eigenvalue weighted by atomic mass is 16.6. The first-order valence-corrected chi connectivity index (χ1v) is 7.43. The molecule has 1 saturated carbocycles. The summed E-state index contributed by atoms with van der Waals surface area (Å²) in [7, 11) is 0. The topological polar surface area (TPSA) is 76.0 Å². The molecular weight excluding hydrogens is 272 g/mol. The van der Waals surface area contributed by atoms with Crippen molar-refractivity contribution < 1.29 is 24.5 Å². The van der Waals surface area contributed by atoms with Gasteiger partial charge in [-0.05, 0) is 18.1 Å². The van der Waals surface area contributed by atoms with E-state index < -0.39 is 11.7 Å². The van der Waals surface area contributed by atoms with E-state index in [1.165, 1.54) is 0 Å². The van der Waals surface area contributed by atoms with Crippen LogP contribution in [-0.2, 0) is 21.4 Å². The molecule has 4 rings (SSSR count). The summed E-state index contributed by atoms with van der Waals surface area (Å²) < 4.78 is 11.6. The van der Waals surface area contributed by atoms with Crippen molar-refractivity contribution in [3.8, 4) is 11.5 Å². The molecule has 0 aromatic heterocycles. The Bertz CT molecular complexity index is 625. The molecule has 112 valence electrons. The fourth-order valence-electron chi connectivity index (χ4n) is 4.28. The lowest BCUT2D eigenvalue weighted by atomic mass is 9.64. The Kier molecular flexibility index (Phi) is 2.63. The first kappa shape index (κ1) is 13.1. The van der Waals surface area contributed by atoms with E-state index in [-0.39, 0.29) is 23.7 Å². The molecule has 1 spiro atoms. The van der Waals surface area contributed by atoms with Crippen molar-refractivity contribution >= 4 is 5.78 Å². The number of aliphatic hydroxyl groups is 1. The largest absolute Gasteiger partial charge is 0.504 e. The van der Waals surface area contributed by atoms with Crippen LogP contribution >= 0.6 is 0 Å². The molecule has 1 aromatic rings. The Morgan fingerprint density at radius 1 is 1.33 bits per heavy atom. The summed E-state index contributed by atoms with van der Waals surface area (Å²) in [6.45, 7) is 2.05. The lowest BCUT2D eigenvalue weighted by molar-refractivity contribution is -0.135. The molecule has 1 aliphatic carbocycles. The minimum Gasteiger partial charge on any atom is -0.504 e. The highest BCUT2D eigenvalue weighted by molar-refractivity contribution is 5.82. The van der Waals surface area contributed by atoms with Crippen molar-refractivity contribution in [2.24, 2.45) is 0 Å². The molecule has 4 atom stereocenters. The Hall–Kier alpha value is -1.59. The summed E-state index contributed by atoms with van der Waals surface area (Å²) in [6, 6.07) is 3.53. The van der Waals surface area contributed by atoms with Crippen molar-refractivity contribution in [1.29, 1.82) is 0 Å². The lowest BCUT2D eigenvalue weighted by Gasteiger charge is -2.38. The maximum Gasteiger partial charge on any atom is 0.165 e. The molecule has 3 aliphatic rings. The second-order valence-electron chi connectivity index (χ2n) is 6.18. The molecule has 21 heavy (non-hydrogen) atoms. The summed E-state index contributed by atoms with van der Waals surface area (Å²) in [6.07, 6.45) is 0.224. The predicted octanol–water partition coefficient (Wildman–Crippen LogP) is 1.42. The van der Waals surface area contributed by atoms with Crippen LogP contribution in [0.25, 0.3) is 0 Å². The smallest absolute Gasteiger partial charge is 0.165 e. The van der Waals surface area contributed by atoms with E-state index in [0.29, 0.717) is 25.0 Å². The number of ketones is 1. The number of ether oxygens (including phenoxy) is 2. The first-order chi connectivity index (χ1) is 10.1.